The SMILES string of the molecule is CC[C@H](C)[C@H](NC(=O)[C@H](CCCN=C(N)N)NC(=O)[C@H](CCCN=C(N)N)NC(=O)[C@H](CC(C)C)NC(=O)[C@H](Cc1ccccc1)NC(=O)CNC(=O)CNC(=O)[C@H](Cc1ccc(O)cc1)N(CC1CC1)CC1CC1)C(=O)N[C@@H](CCCN=C(N)N)C(=O)N1CCC[C@H]1C(=O)N[C@@H](CCCCN)C(=O)O. The van der Waals surface area contributed by atoms with Gasteiger partial charge < -0.3 is 103 Å². The topological polar surface area (TPSA) is 562 Å². The number of carboxylic acids is 1. The second kappa shape index (κ2) is 44.7. The molecule has 2 aromatic carbocycles. The average molecular weight is 1470 g/mol. The molecule has 582 valence electrons. The molecule has 2 aliphatic carbocycles. The van der Waals surface area contributed by atoms with E-state index in [-0.39, 0.29) is 126 Å². The van der Waals surface area contributed by atoms with E-state index in [0.717, 1.165) is 44.3 Å². The molecule has 25 N–H and O–H groups in total. The molecule has 0 spiro atoms. The fourth-order valence-corrected chi connectivity index (χ4v) is 12.2. The number of phenols is 1. The molecule has 34 nitrogen and oxygen atoms in total. The number of aliphatic imine (C=N–C) groups is 3. The van der Waals surface area contributed by atoms with Crippen LogP contribution >= 0.6 is 0 Å². The first-order valence-corrected chi connectivity index (χ1v) is 36.7. The van der Waals surface area contributed by atoms with Gasteiger partial charge in [-0.3, -0.25) is 67.8 Å². The molecule has 1 aliphatic heterocycles. The zero-order valence-electron chi connectivity index (χ0n) is 61.2. The van der Waals surface area contributed by atoms with Crippen LogP contribution in [0.3, 0.4) is 0 Å². The molecule has 1 saturated heterocycles. The van der Waals surface area contributed by atoms with Crippen LogP contribution in [0.1, 0.15) is 148 Å². The number of aliphatic carboxylic acids is 1. The molecular weight excluding hydrogens is 1350 g/mol. The third kappa shape index (κ3) is 32.0. The van der Waals surface area contributed by atoms with Crippen LogP contribution in [0.4, 0.5) is 0 Å². The van der Waals surface area contributed by atoms with E-state index >= 15 is 0 Å². The molecule has 5 rings (SSSR count). The van der Waals surface area contributed by atoms with E-state index in [2.05, 4.69) is 67.7 Å². The number of unbranched alkanes of at least 4 members (excludes halogenated alkanes) is 1. The fourth-order valence-electron chi connectivity index (χ4n) is 12.2. The van der Waals surface area contributed by atoms with Crippen molar-refractivity contribution in [3.05, 3.63) is 65.7 Å². The maximum absolute atomic E-state index is 14.8. The van der Waals surface area contributed by atoms with Gasteiger partial charge in [0.15, 0.2) is 17.9 Å². The Hall–Kier alpha value is -9.86. The number of guanidine groups is 3. The molecule has 10 atom stereocenters. The van der Waals surface area contributed by atoms with Crippen LogP contribution in [-0.4, -0.2) is 216 Å². The summed E-state index contributed by atoms with van der Waals surface area (Å²) in [6.07, 6.45) is 6.71. The minimum Gasteiger partial charge on any atom is -0.508 e. The predicted octanol–water partition coefficient (Wildman–Crippen LogP) is -2.25. The van der Waals surface area contributed by atoms with E-state index in [1.165, 1.54) is 4.90 Å². The second-order valence-electron chi connectivity index (χ2n) is 28.0. The Morgan fingerprint density at radius 2 is 1.03 bits per heavy atom. The first kappa shape index (κ1) is 85.8. The van der Waals surface area contributed by atoms with Crippen molar-refractivity contribution in [1.29, 1.82) is 0 Å². The average Bonchev–Trinajstić information content (AvgIpc) is 1.63. The minimum absolute atomic E-state index is 0.00144. The number of amides is 10. The molecule has 2 aromatic rings. The van der Waals surface area contributed by atoms with Gasteiger partial charge in [-0.1, -0.05) is 76.6 Å². The quantitative estimate of drug-likeness (QED) is 0.0189. The zero-order chi connectivity index (χ0) is 77.1. The third-order valence-corrected chi connectivity index (χ3v) is 18.5. The van der Waals surface area contributed by atoms with Gasteiger partial charge in [0.1, 0.15) is 54.1 Å². The fraction of sp³-hybridized carbons (Fsp3) is 0.634. The maximum Gasteiger partial charge on any atom is 0.326 e. The van der Waals surface area contributed by atoms with Crippen molar-refractivity contribution in [3.8, 4) is 5.75 Å². The van der Waals surface area contributed by atoms with Gasteiger partial charge in [0, 0.05) is 45.7 Å². The number of nitrogens with zero attached hydrogens (tertiary/aromatic N) is 5. The summed E-state index contributed by atoms with van der Waals surface area (Å²) in [5, 5.41) is 44.3. The first-order chi connectivity index (χ1) is 50.0. The van der Waals surface area contributed by atoms with Crippen LogP contribution in [0.5, 0.6) is 5.75 Å². The molecule has 0 bridgehead atoms. The van der Waals surface area contributed by atoms with E-state index in [1.54, 1.807) is 82.3 Å². The van der Waals surface area contributed by atoms with Gasteiger partial charge in [-0.05, 0) is 163 Å². The lowest BCUT2D eigenvalue weighted by Gasteiger charge is -2.32. The number of aromatic hydroxyl groups is 1. The van der Waals surface area contributed by atoms with Crippen molar-refractivity contribution in [3.63, 3.8) is 0 Å². The number of benzene rings is 2. The second-order valence-corrected chi connectivity index (χ2v) is 28.0. The normalized spacial score (nSPS) is 16.6. The molecule has 0 aromatic heterocycles. The van der Waals surface area contributed by atoms with Crippen LogP contribution < -0.4 is 88.0 Å². The Morgan fingerprint density at radius 1 is 0.533 bits per heavy atom. The van der Waals surface area contributed by atoms with E-state index in [4.69, 9.17) is 40.1 Å². The Labute approximate surface area is 614 Å². The third-order valence-electron chi connectivity index (χ3n) is 18.5. The standard InChI is InChI=1S/C71H115N21O13/c1-5-43(4)59(66(102)87-51(20-13-33-81-71(77)78)67(103)92-34-14-21-55(92)65(101)88-52(68(104)105)17-9-10-30-72)90-61(97)50(19-12-32-80-70(75)76)85-60(96)49(18-11-31-79-69(73)74)86-62(98)53(35-42(2)3)89-63(99)54(36-44-15-7-6-8-16-44)84-58(95)39-82-57(94)38-83-64(100)56(37-45-26-28-48(93)29-27-45)91(40-46-22-23-46)41-47-24-25-47/h6-8,15-16,26-29,42-43,46-47,49-56,59,93H,5,9-14,17-25,30-41,72H2,1-4H3,(H,82,94)(H,83,100)(H,84,95)(H,85,96)(H,86,98)(H,87,102)(H,88,101)(H,89,99)(H,90,97)(H,104,105)(H4,73,74,79)(H4,75,76,80)(H4,77,78,81)/t43-,49-,50-,51-,52-,53-,54-,55-,56-,59-/m0/s1. The molecule has 3 aliphatic rings. The smallest absolute Gasteiger partial charge is 0.326 e. The van der Waals surface area contributed by atoms with E-state index in [9.17, 15) is 63.0 Å². The summed E-state index contributed by atoms with van der Waals surface area (Å²) >= 11 is 0. The molecule has 1 heterocycles. The lowest BCUT2D eigenvalue weighted by molar-refractivity contribution is -0.145. The van der Waals surface area contributed by atoms with Gasteiger partial charge in [-0.2, -0.15) is 0 Å². The van der Waals surface area contributed by atoms with Crippen LogP contribution in [0.25, 0.3) is 0 Å². The highest BCUT2D eigenvalue weighted by molar-refractivity contribution is 5.99. The van der Waals surface area contributed by atoms with Gasteiger partial charge in [0.05, 0.1) is 19.1 Å². The molecule has 34 heteroatoms. The number of phenolic OH excluding ortho intramolecular Hbond substituents is 1. The summed E-state index contributed by atoms with van der Waals surface area (Å²) < 4.78 is 0. The van der Waals surface area contributed by atoms with E-state index in [0.29, 0.717) is 56.0 Å². The number of nitrogens with one attached hydrogen (secondary N) is 9. The van der Waals surface area contributed by atoms with Crippen molar-refractivity contribution >= 4 is 82.9 Å². The summed E-state index contributed by atoms with van der Waals surface area (Å²) in [5.74, 6) is -9.01. The molecule has 10 amide bonds. The highest BCUT2D eigenvalue weighted by atomic mass is 16.4. The van der Waals surface area contributed by atoms with Gasteiger partial charge in [0.25, 0.3) is 0 Å². The van der Waals surface area contributed by atoms with Crippen molar-refractivity contribution in [2.24, 2.45) is 78.8 Å². The van der Waals surface area contributed by atoms with Crippen molar-refractivity contribution < 1.29 is 63.0 Å². The molecule has 0 radical (unpaired) electrons. The van der Waals surface area contributed by atoms with Crippen molar-refractivity contribution in [1.82, 2.24) is 57.7 Å². The zero-order valence-corrected chi connectivity index (χ0v) is 61.2. The Bertz CT molecular complexity index is 3250. The molecular formula is C71H115N21O13. The minimum atomic E-state index is -1.44. The van der Waals surface area contributed by atoms with Gasteiger partial charge in [0.2, 0.25) is 59.1 Å². The Morgan fingerprint density at radius 3 is 1.55 bits per heavy atom. The number of carboxylic acid groups (broad SMARTS) is 1. The van der Waals surface area contributed by atoms with Crippen LogP contribution in [0.2, 0.25) is 0 Å². The Kier molecular flexibility index (Phi) is 36.5. The highest BCUT2D eigenvalue weighted by Crippen LogP contribution is 2.35. The maximum atomic E-state index is 14.8. The van der Waals surface area contributed by atoms with Gasteiger partial charge in [-0.15, -0.1) is 0 Å². The predicted molar refractivity (Wildman–Crippen MR) is 396 cm³/mol. The number of hydrogen-bond donors (Lipinski definition) is 18. The largest absolute Gasteiger partial charge is 0.508 e. The molecule has 105 heavy (non-hydrogen) atoms. The highest BCUT2D eigenvalue weighted by Gasteiger charge is 2.42. The number of rotatable bonds is 49. The van der Waals surface area contributed by atoms with Crippen LogP contribution in [-0.2, 0) is 65.6 Å². The van der Waals surface area contributed by atoms with E-state index in [1.807, 2.05) is 0 Å². The van der Waals surface area contributed by atoms with Crippen molar-refractivity contribution in [2.75, 3.05) is 58.9 Å². The molecule has 2 saturated carbocycles. The van der Waals surface area contributed by atoms with E-state index < -0.39 is 133 Å². The van der Waals surface area contributed by atoms with Gasteiger partial charge in [-0.25, -0.2) is 4.79 Å². The summed E-state index contributed by atoms with van der Waals surface area (Å²) in [6, 6.07) is 4.28. The monoisotopic (exact) mass is 1470 g/mol. The number of hydrogen-bond acceptors (Lipinski definition) is 17. The number of carbonyl (C=O) groups is 11. The van der Waals surface area contributed by atoms with Gasteiger partial charge >= 0.3 is 5.97 Å². The molecule has 3 fully saturated rings. The lowest BCUT2D eigenvalue weighted by Crippen LogP contribution is -2.61. The number of likely N-dealkylation sites (tertiary alicyclic amines) is 1. The summed E-state index contributed by atoms with van der Waals surface area (Å²) in [6.45, 7) is 8.01. The number of carbonyl (C=O) groups excluding carboxylic acids is 10. The first-order valence-electron chi connectivity index (χ1n) is 36.7. The van der Waals surface area contributed by atoms with Crippen LogP contribution in [0.15, 0.2) is 69.6 Å². The summed E-state index contributed by atoms with van der Waals surface area (Å²) in [5.41, 5.74) is 40.8. The van der Waals surface area contributed by atoms with Crippen LogP contribution in [0, 0.1) is 23.7 Å². The number of nitrogens with two attached hydrogens (primary N) is 7. The van der Waals surface area contributed by atoms with Crippen molar-refractivity contribution in [2.45, 2.75) is 204 Å². The lowest BCUT2D eigenvalue weighted by atomic mass is 9.96. The Balaban J connectivity index is 1.34. The summed E-state index contributed by atoms with van der Waals surface area (Å²) in [4.78, 5) is 171. The molecule has 0 unspecified atom stereocenters. The summed E-state index contributed by atoms with van der Waals surface area (Å²) in [7, 11) is 0.